The van der Waals surface area contributed by atoms with Gasteiger partial charge in [0.25, 0.3) is 0 Å². The van der Waals surface area contributed by atoms with E-state index < -0.39 is 35.2 Å². The van der Waals surface area contributed by atoms with E-state index in [2.05, 4.69) is 0 Å². The van der Waals surface area contributed by atoms with Crippen molar-refractivity contribution in [1.82, 2.24) is 0 Å². The van der Waals surface area contributed by atoms with Gasteiger partial charge in [0.2, 0.25) is 0 Å². The summed E-state index contributed by atoms with van der Waals surface area (Å²) in [5.74, 6) is 0. The number of thiophene rings is 1. The first kappa shape index (κ1) is 24.8. The molecule has 10 heteroatoms. The third-order valence-corrected chi connectivity index (χ3v) is 6.46. The molecule has 4 aromatic rings. The van der Waals surface area contributed by atoms with E-state index in [9.17, 15) is 39.5 Å². The van der Waals surface area contributed by atoms with Gasteiger partial charge in [-0.1, -0.05) is 36.4 Å². The minimum Gasteiger partial charge on any atom is -0.166 e. The molecule has 1 aromatic heterocycles. The fraction of sp³-hybridized carbons (Fsp3) is 0.120. The van der Waals surface area contributed by atoms with Crippen molar-refractivity contribution in [2.75, 3.05) is 0 Å². The highest BCUT2D eigenvalue weighted by atomic mass is 32.1. The summed E-state index contributed by atoms with van der Waals surface area (Å²) < 4.78 is 117. The van der Waals surface area contributed by atoms with Gasteiger partial charge in [0.05, 0.1) is 16.7 Å². The first-order valence-corrected chi connectivity index (χ1v) is 10.7. The van der Waals surface area contributed by atoms with Crippen molar-refractivity contribution in [3.05, 3.63) is 95.6 Å². The highest BCUT2D eigenvalue weighted by Crippen LogP contribution is 2.45. The predicted molar refractivity (Wildman–Crippen MR) is 116 cm³/mol. The molecule has 0 saturated heterocycles. The molecule has 0 aliphatic carbocycles. The first-order chi connectivity index (χ1) is 16.2. The van der Waals surface area contributed by atoms with Gasteiger partial charge in [-0.3, -0.25) is 0 Å². The van der Waals surface area contributed by atoms with Crippen molar-refractivity contribution in [3.8, 4) is 32.0 Å². The van der Waals surface area contributed by atoms with Crippen LogP contribution in [0.2, 0.25) is 0 Å². The second-order valence-electron chi connectivity index (χ2n) is 7.58. The van der Waals surface area contributed by atoms with E-state index in [4.69, 9.17) is 0 Å². The van der Waals surface area contributed by atoms with Crippen molar-refractivity contribution in [2.24, 2.45) is 0 Å². The van der Waals surface area contributed by atoms with Crippen LogP contribution in [0.3, 0.4) is 0 Å². The summed E-state index contributed by atoms with van der Waals surface area (Å²) in [5.41, 5.74) is -0.942. The van der Waals surface area contributed by atoms with Crippen LogP contribution < -0.4 is 0 Å². The van der Waals surface area contributed by atoms with E-state index in [1.165, 1.54) is 36.4 Å². The Morgan fingerprint density at radius 2 is 0.771 bits per heavy atom. The molecule has 0 saturated carbocycles. The first-order valence-electron chi connectivity index (χ1n) is 9.90. The van der Waals surface area contributed by atoms with Crippen LogP contribution >= 0.6 is 11.3 Å². The maximum atomic E-state index is 13.0. The van der Waals surface area contributed by atoms with Crippen molar-refractivity contribution in [3.63, 3.8) is 0 Å². The monoisotopic (exact) mass is 516 g/mol. The molecule has 0 atom stereocenters. The van der Waals surface area contributed by atoms with Crippen molar-refractivity contribution in [1.29, 1.82) is 0 Å². The largest absolute Gasteiger partial charge is 0.416 e. The maximum absolute atomic E-state index is 13.0. The Labute approximate surface area is 197 Å². The second-order valence-corrected chi connectivity index (χ2v) is 8.63. The molecule has 0 unspecified atom stereocenters. The van der Waals surface area contributed by atoms with E-state index in [0.717, 1.165) is 47.7 Å². The molecule has 0 aliphatic heterocycles. The molecule has 35 heavy (non-hydrogen) atoms. The average Bonchev–Trinajstić information content (AvgIpc) is 3.23. The van der Waals surface area contributed by atoms with E-state index in [0.29, 0.717) is 32.0 Å². The maximum Gasteiger partial charge on any atom is 0.416 e. The number of hydrogen-bond acceptors (Lipinski definition) is 1. The van der Waals surface area contributed by atoms with Gasteiger partial charge in [0.1, 0.15) is 0 Å². The molecule has 0 amide bonds. The van der Waals surface area contributed by atoms with Gasteiger partial charge >= 0.3 is 18.5 Å². The van der Waals surface area contributed by atoms with E-state index in [1.807, 2.05) is 0 Å². The molecular formula is C25H13F9S. The highest BCUT2D eigenvalue weighted by molar-refractivity contribution is 7.19. The predicted octanol–water partition coefficient (Wildman–Crippen LogP) is 9.81. The molecular weight excluding hydrogens is 503 g/mol. The van der Waals surface area contributed by atoms with Crippen LogP contribution in [0, 0.1) is 0 Å². The van der Waals surface area contributed by atoms with Gasteiger partial charge in [-0.25, -0.2) is 0 Å². The smallest absolute Gasteiger partial charge is 0.166 e. The Kier molecular flexibility index (Phi) is 6.21. The van der Waals surface area contributed by atoms with Crippen LogP contribution in [0.1, 0.15) is 16.7 Å². The molecule has 0 spiro atoms. The third kappa shape index (κ3) is 5.37. The Morgan fingerprint density at radius 1 is 0.429 bits per heavy atom. The van der Waals surface area contributed by atoms with Gasteiger partial charge < -0.3 is 0 Å². The molecule has 4 rings (SSSR count). The standard InChI is InChI=1S/C25H13F9S/c26-23(27,28)17-7-1-14(2-8-17)20-13-21(15-3-9-18(10-4-15)24(29,30)31)35-22(20)16-5-11-19(12-6-16)25(32,33)34/h1-13H. The molecule has 3 aromatic carbocycles. The Morgan fingerprint density at radius 3 is 1.14 bits per heavy atom. The van der Waals surface area contributed by atoms with Crippen LogP contribution in [0.4, 0.5) is 39.5 Å². The highest BCUT2D eigenvalue weighted by Gasteiger charge is 2.32. The summed E-state index contributed by atoms with van der Waals surface area (Å²) >= 11 is 1.11. The lowest BCUT2D eigenvalue weighted by Gasteiger charge is -2.10. The second kappa shape index (κ2) is 8.75. The quantitative estimate of drug-likeness (QED) is 0.238. The minimum atomic E-state index is -4.55. The summed E-state index contributed by atoms with van der Waals surface area (Å²) in [6.07, 6.45) is -13.6. The average molecular weight is 516 g/mol. The molecule has 0 aliphatic rings. The van der Waals surface area contributed by atoms with Gasteiger partial charge in [-0.15, -0.1) is 11.3 Å². The van der Waals surface area contributed by atoms with E-state index in [-0.39, 0.29) is 0 Å². The number of rotatable bonds is 3. The summed E-state index contributed by atoms with van der Waals surface area (Å²) in [6.45, 7) is 0. The van der Waals surface area contributed by atoms with Gasteiger partial charge in [-0.2, -0.15) is 39.5 Å². The molecule has 0 bridgehead atoms. The zero-order valence-electron chi connectivity index (χ0n) is 17.3. The lowest BCUT2D eigenvalue weighted by Crippen LogP contribution is -2.04. The Bertz CT molecular complexity index is 1230. The van der Waals surface area contributed by atoms with Crippen LogP contribution in [0.5, 0.6) is 0 Å². The lowest BCUT2D eigenvalue weighted by atomic mass is 9.99. The normalized spacial score (nSPS) is 12.7. The zero-order valence-corrected chi connectivity index (χ0v) is 18.1. The number of alkyl halides is 9. The van der Waals surface area contributed by atoms with Gasteiger partial charge in [-0.05, 0) is 59.2 Å². The fourth-order valence-electron chi connectivity index (χ4n) is 3.43. The molecule has 1 heterocycles. The summed E-state index contributed by atoms with van der Waals surface area (Å²) in [7, 11) is 0. The number of benzene rings is 3. The van der Waals surface area contributed by atoms with E-state index in [1.54, 1.807) is 6.07 Å². The Hall–Kier alpha value is -3.27. The van der Waals surface area contributed by atoms with Crippen LogP contribution in [-0.4, -0.2) is 0 Å². The molecule has 0 N–H and O–H groups in total. The van der Waals surface area contributed by atoms with Crippen molar-refractivity contribution >= 4 is 11.3 Å². The number of hydrogen-bond donors (Lipinski definition) is 0. The molecule has 0 fully saturated rings. The topological polar surface area (TPSA) is 0 Å². The molecule has 0 radical (unpaired) electrons. The minimum absolute atomic E-state index is 0.377. The third-order valence-electron chi connectivity index (χ3n) is 5.23. The summed E-state index contributed by atoms with van der Waals surface area (Å²) in [4.78, 5) is 0.969. The van der Waals surface area contributed by atoms with Crippen molar-refractivity contribution in [2.45, 2.75) is 18.5 Å². The van der Waals surface area contributed by atoms with Gasteiger partial charge in [0, 0.05) is 15.3 Å². The van der Waals surface area contributed by atoms with Gasteiger partial charge in [0.15, 0.2) is 0 Å². The SMILES string of the molecule is FC(F)(F)c1ccc(-c2cc(-c3ccc(C(F)(F)F)cc3)c(-c3ccc(C(F)(F)F)cc3)s2)cc1. The zero-order chi connectivity index (χ0) is 25.6. The molecule has 182 valence electrons. The van der Waals surface area contributed by atoms with Crippen LogP contribution in [0.25, 0.3) is 32.0 Å². The van der Waals surface area contributed by atoms with Crippen molar-refractivity contribution < 1.29 is 39.5 Å². The van der Waals surface area contributed by atoms with E-state index >= 15 is 0 Å². The number of halogens is 9. The molecule has 0 nitrogen and oxygen atoms in total. The van der Waals surface area contributed by atoms with Crippen LogP contribution in [-0.2, 0) is 18.5 Å². The summed E-state index contributed by atoms with van der Waals surface area (Å²) in [6, 6.07) is 14.5. The Balaban J connectivity index is 1.81. The summed E-state index contributed by atoms with van der Waals surface area (Å²) in [5, 5.41) is 0. The van der Waals surface area contributed by atoms with Crippen LogP contribution in [0.15, 0.2) is 78.9 Å². The lowest BCUT2D eigenvalue weighted by molar-refractivity contribution is -0.138. The fourth-order valence-corrected chi connectivity index (χ4v) is 4.63.